The van der Waals surface area contributed by atoms with Crippen molar-refractivity contribution in [2.45, 2.75) is 65.7 Å². The SMILES string of the molecule is COC(=O)C(C)CN(CCC(C)C)C(=O)C12CC3CC(CC(C3)C1)C2. The van der Waals surface area contributed by atoms with Gasteiger partial charge in [0.25, 0.3) is 0 Å². The molecule has 4 saturated carbocycles. The van der Waals surface area contributed by atoms with Gasteiger partial charge in [0.2, 0.25) is 5.91 Å². The number of methoxy groups -OCH3 is 1. The van der Waals surface area contributed by atoms with Crippen LogP contribution in [0.25, 0.3) is 0 Å². The Morgan fingerprint density at radius 2 is 1.56 bits per heavy atom. The number of carbonyl (C=O) groups excluding carboxylic acids is 2. The summed E-state index contributed by atoms with van der Waals surface area (Å²) in [6.07, 6.45) is 8.28. The van der Waals surface area contributed by atoms with Crippen LogP contribution in [0.1, 0.15) is 65.7 Å². The van der Waals surface area contributed by atoms with Gasteiger partial charge in [-0.25, -0.2) is 0 Å². The highest BCUT2D eigenvalue weighted by molar-refractivity contribution is 5.84. The standard InChI is InChI=1S/C21H35NO3/c1-14(2)5-6-22(13-15(3)19(23)25-4)20(24)21-10-16-7-17(11-21)9-18(8-16)12-21/h14-18H,5-13H2,1-4H3. The van der Waals surface area contributed by atoms with Crippen molar-refractivity contribution in [1.29, 1.82) is 0 Å². The van der Waals surface area contributed by atoms with Crippen molar-refractivity contribution in [3.63, 3.8) is 0 Å². The van der Waals surface area contributed by atoms with E-state index in [-0.39, 0.29) is 17.3 Å². The summed E-state index contributed by atoms with van der Waals surface area (Å²) in [5.74, 6) is 2.71. The molecule has 0 aromatic rings. The fraction of sp³-hybridized carbons (Fsp3) is 0.905. The minimum absolute atomic E-state index is 0.123. The summed E-state index contributed by atoms with van der Waals surface area (Å²) in [4.78, 5) is 27.5. The molecule has 4 rings (SSSR count). The number of carbonyl (C=O) groups is 2. The van der Waals surface area contributed by atoms with Crippen molar-refractivity contribution in [2.75, 3.05) is 20.2 Å². The molecular formula is C21H35NO3. The summed E-state index contributed by atoms with van der Waals surface area (Å²) in [5.41, 5.74) is -0.123. The molecule has 0 heterocycles. The lowest BCUT2D eigenvalue weighted by atomic mass is 9.49. The Morgan fingerprint density at radius 1 is 1.04 bits per heavy atom. The Hall–Kier alpha value is -1.06. The molecular weight excluding hydrogens is 314 g/mol. The summed E-state index contributed by atoms with van der Waals surface area (Å²) >= 11 is 0. The van der Waals surface area contributed by atoms with E-state index in [4.69, 9.17) is 4.74 Å². The lowest BCUT2D eigenvalue weighted by Gasteiger charge is -2.56. The van der Waals surface area contributed by atoms with Gasteiger partial charge in [-0.3, -0.25) is 9.59 Å². The maximum absolute atomic E-state index is 13.6. The second-order valence-corrected chi connectivity index (χ2v) is 9.56. The predicted octanol–water partition coefficient (Wildman–Crippen LogP) is 3.89. The summed E-state index contributed by atoms with van der Waals surface area (Å²) in [6, 6.07) is 0. The van der Waals surface area contributed by atoms with Crippen LogP contribution in [0.15, 0.2) is 0 Å². The van der Waals surface area contributed by atoms with Crippen molar-refractivity contribution in [2.24, 2.45) is 35.0 Å². The Kier molecular flexibility index (Phi) is 5.45. The Balaban J connectivity index is 1.75. The topological polar surface area (TPSA) is 46.6 Å². The highest BCUT2D eigenvalue weighted by Crippen LogP contribution is 2.60. The van der Waals surface area contributed by atoms with E-state index in [9.17, 15) is 9.59 Å². The lowest BCUT2D eigenvalue weighted by molar-refractivity contribution is -0.160. The normalized spacial score (nSPS) is 34.2. The van der Waals surface area contributed by atoms with Crippen LogP contribution in [0.4, 0.5) is 0 Å². The average Bonchev–Trinajstić information content (AvgIpc) is 2.55. The first-order valence-electron chi connectivity index (χ1n) is 10.2. The van der Waals surface area contributed by atoms with Crippen molar-refractivity contribution in [3.8, 4) is 0 Å². The molecule has 25 heavy (non-hydrogen) atoms. The molecule has 4 heteroatoms. The van der Waals surface area contributed by atoms with Gasteiger partial charge in [0.05, 0.1) is 18.4 Å². The molecule has 0 radical (unpaired) electrons. The van der Waals surface area contributed by atoms with Crippen LogP contribution in [-0.2, 0) is 14.3 Å². The van der Waals surface area contributed by atoms with E-state index in [2.05, 4.69) is 13.8 Å². The van der Waals surface area contributed by atoms with Gasteiger partial charge in [-0.1, -0.05) is 20.8 Å². The van der Waals surface area contributed by atoms with E-state index in [0.717, 1.165) is 50.0 Å². The van der Waals surface area contributed by atoms with E-state index in [1.165, 1.54) is 26.4 Å². The molecule has 4 aliphatic rings. The molecule has 1 atom stereocenters. The van der Waals surface area contributed by atoms with E-state index in [1.807, 2.05) is 11.8 Å². The number of hydrogen-bond donors (Lipinski definition) is 0. The molecule has 0 aromatic carbocycles. The van der Waals surface area contributed by atoms with Gasteiger partial charge >= 0.3 is 5.97 Å². The van der Waals surface area contributed by atoms with E-state index in [1.54, 1.807) is 0 Å². The predicted molar refractivity (Wildman–Crippen MR) is 97.8 cm³/mol. The van der Waals surface area contributed by atoms with Gasteiger partial charge in [0.1, 0.15) is 0 Å². The van der Waals surface area contributed by atoms with Crippen LogP contribution in [0.5, 0.6) is 0 Å². The molecule has 142 valence electrons. The lowest BCUT2D eigenvalue weighted by Crippen LogP contribution is -2.55. The molecule has 4 nitrogen and oxygen atoms in total. The first-order chi connectivity index (χ1) is 11.8. The van der Waals surface area contributed by atoms with Crippen molar-refractivity contribution in [3.05, 3.63) is 0 Å². The van der Waals surface area contributed by atoms with Gasteiger partial charge in [0, 0.05) is 13.1 Å². The summed E-state index contributed by atoms with van der Waals surface area (Å²) in [5, 5.41) is 0. The van der Waals surface area contributed by atoms with Gasteiger partial charge in [-0.2, -0.15) is 0 Å². The van der Waals surface area contributed by atoms with Crippen molar-refractivity contribution in [1.82, 2.24) is 4.90 Å². The van der Waals surface area contributed by atoms with Crippen molar-refractivity contribution >= 4 is 11.9 Å². The Morgan fingerprint density at radius 3 is 2.00 bits per heavy atom. The molecule has 0 saturated heterocycles. The minimum Gasteiger partial charge on any atom is -0.469 e. The third-order valence-electron chi connectivity index (χ3n) is 6.85. The van der Waals surface area contributed by atoms with Crippen LogP contribution in [0.2, 0.25) is 0 Å². The molecule has 4 fully saturated rings. The summed E-state index contributed by atoms with van der Waals surface area (Å²) in [7, 11) is 1.43. The number of rotatable bonds is 7. The largest absolute Gasteiger partial charge is 0.469 e. The maximum Gasteiger partial charge on any atom is 0.310 e. The first-order valence-corrected chi connectivity index (χ1v) is 10.2. The zero-order valence-corrected chi connectivity index (χ0v) is 16.4. The van der Waals surface area contributed by atoms with Crippen LogP contribution in [0.3, 0.4) is 0 Å². The Labute approximate surface area is 152 Å². The molecule has 1 unspecified atom stereocenters. The summed E-state index contributed by atoms with van der Waals surface area (Å²) < 4.78 is 4.89. The second kappa shape index (κ2) is 7.28. The van der Waals surface area contributed by atoms with E-state index in [0.29, 0.717) is 18.4 Å². The molecule has 0 aromatic heterocycles. The average molecular weight is 350 g/mol. The van der Waals surface area contributed by atoms with Gasteiger partial charge in [0.15, 0.2) is 0 Å². The van der Waals surface area contributed by atoms with Gasteiger partial charge < -0.3 is 9.64 Å². The first kappa shape index (κ1) is 18.7. The molecule has 0 spiro atoms. The van der Waals surface area contributed by atoms with Crippen LogP contribution >= 0.6 is 0 Å². The number of esters is 1. The zero-order valence-electron chi connectivity index (χ0n) is 16.4. The smallest absolute Gasteiger partial charge is 0.310 e. The second-order valence-electron chi connectivity index (χ2n) is 9.56. The maximum atomic E-state index is 13.6. The number of hydrogen-bond acceptors (Lipinski definition) is 3. The number of nitrogens with zero attached hydrogens (tertiary/aromatic N) is 1. The molecule has 0 N–H and O–H groups in total. The van der Waals surface area contributed by atoms with Gasteiger partial charge in [-0.05, 0) is 68.6 Å². The third-order valence-corrected chi connectivity index (χ3v) is 6.85. The molecule has 4 aliphatic carbocycles. The molecule has 1 amide bonds. The quantitative estimate of drug-likeness (QED) is 0.655. The Bertz CT molecular complexity index is 478. The third kappa shape index (κ3) is 3.88. The van der Waals surface area contributed by atoms with E-state index < -0.39 is 0 Å². The monoisotopic (exact) mass is 349 g/mol. The highest BCUT2D eigenvalue weighted by Gasteiger charge is 2.55. The number of ether oxygens (including phenoxy) is 1. The fourth-order valence-electron chi connectivity index (χ4n) is 6.00. The number of amides is 1. The van der Waals surface area contributed by atoms with Gasteiger partial charge in [-0.15, -0.1) is 0 Å². The zero-order chi connectivity index (χ0) is 18.2. The fourth-order valence-corrected chi connectivity index (χ4v) is 6.00. The molecule has 4 bridgehead atoms. The van der Waals surface area contributed by atoms with Crippen LogP contribution in [0, 0.1) is 35.0 Å². The highest BCUT2D eigenvalue weighted by atomic mass is 16.5. The summed E-state index contributed by atoms with van der Waals surface area (Å²) in [6.45, 7) is 7.52. The van der Waals surface area contributed by atoms with E-state index >= 15 is 0 Å². The minimum atomic E-state index is -0.255. The van der Waals surface area contributed by atoms with Crippen LogP contribution in [-0.4, -0.2) is 37.0 Å². The molecule has 0 aliphatic heterocycles. The van der Waals surface area contributed by atoms with Crippen molar-refractivity contribution < 1.29 is 14.3 Å². The van der Waals surface area contributed by atoms with Crippen LogP contribution < -0.4 is 0 Å².